The first-order valence-corrected chi connectivity index (χ1v) is 7.62. The van der Waals surface area contributed by atoms with E-state index in [0.29, 0.717) is 0 Å². The van der Waals surface area contributed by atoms with E-state index >= 15 is 0 Å². The van der Waals surface area contributed by atoms with Crippen molar-refractivity contribution < 1.29 is 0 Å². The van der Waals surface area contributed by atoms with Crippen molar-refractivity contribution in [3.63, 3.8) is 0 Å². The van der Waals surface area contributed by atoms with Crippen molar-refractivity contribution in [2.45, 2.75) is 46.0 Å². The highest BCUT2D eigenvalue weighted by atomic mass is 14.9. The second-order valence-corrected chi connectivity index (χ2v) is 6.03. The normalized spacial score (nSPS) is 15.7. The minimum atomic E-state index is 0.843. The van der Waals surface area contributed by atoms with Crippen LogP contribution in [0.5, 0.6) is 0 Å². The zero-order chi connectivity index (χ0) is 13.9. The monoisotopic (exact) mass is 266 g/mol. The van der Waals surface area contributed by atoms with E-state index in [4.69, 9.17) is 0 Å². The minimum absolute atomic E-state index is 0.843. The minimum Gasteiger partial charge on any atom is -0.233 e. The number of hydrogen-bond acceptors (Lipinski definition) is 2. The molecule has 1 aromatic carbocycles. The Kier molecular flexibility index (Phi) is 3.81. The Morgan fingerprint density at radius 3 is 2.15 bits per heavy atom. The van der Waals surface area contributed by atoms with Gasteiger partial charge < -0.3 is 0 Å². The van der Waals surface area contributed by atoms with Crippen LogP contribution in [-0.2, 0) is 6.42 Å². The molecule has 0 atom stereocenters. The van der Waals surface area contributed by atoms with Crippen molar-refractivity contribution in [3.8, 4) is 11.4 Å². The summed E-state index contributed by atoms with van der Waals surface area (Å²) in [4.78, 5) is 9.05. The van der Waals surface area contributed by atoms with Crippen LogP contribution in [0, 0.1) is 19.8 Å². The summed E-state index contributed by atoms with van der Waals surface area (Å²) >= 11 is 0. The largest absolute Gasteiger partial charge is 0.233 e. The van der Waals surface area contributed by atoms with E-state index in [0.717, 1.165) is 28.7 Å². The molecule has 0 aliphatic heterocycles. The maximum Gasteiger partial charge on any atom is 0.159 e. The third-order valence-corrected chi connectivity index (χ3v) is 4.19. The fraction of sp³-hybridized carbons (Fsp3) is 0.444. The average Bonchev–Trinajstić information content (AvgIpc) is 2.91. The first kappa shape index (κ1) is 13.3. The van der Waals surface area contributed by atoms with Gasteiger partial charge in [-0.05, 0) is 37.8 Å². The lowest BCUT2D eigenvalue weighted by molar-refractivity contribution is 0.546. The molecule has 0 N–H and O–H groups in total. The van der Waals surface area contributed by atoms with E-state index in [-0.39, 0.29) is 0 Å². The van der Waals surface area contributed by atoms with Gasteiger partial charge in [0.15, 0.2) is 5.82 Å². The zero-order valence-corrected chi connectivity index (χ0v) is 12.4. The van der Waals surface area contributed by atoms with Crippen molar-refractivity contribution >= 4 is 0 Å². The molecule has 1 saturated carbocycles. The molecule has 0 spiro atoms. The second-order valence-electron chi connectivity index (χ2n) is 6.03. The van der Waals surface area contributed by atoms with Crippen LogP contribution >= 0.6 is 0 Å². The van der Waals surface area contributed by atoms with E-state index < -0.39 is 0 Å². The Balaban J connectivity index is 1.78. The summed E-state index contributed by atoms with van der Waals surface area (Å²) in [6, 6.07) is 10.8. The molecule has 0 radical (unpaired) electrons. The quantitative estimate of drug-likeness (QED) is 0.817. The topological polar surface area (TPSA) is 25.8 Å². The molecule has 1 aromatic heterocycles. The molecule has 1 aliphatic rings. The van der Waals surface area contributed by atoms with Crippen LogP contribution in [0.2, 0.25) is 0 Å². The molecule has 104 valence electrons. The van der Waals surface area contributed by atoms with Crippen LogP contribution in [0.3, 0.4) is 0 Å². The summed E-state index contributed by atoms with van der Waals surface area (Å²) in [5, 5.41) is 0. The number of aromatic nitrogens is 2. The number of benzene rings is 1. The molecular formula is C18H22N2. The Hall–Kier alpha value is -1.70. The van der Waals surface area contributed by atoms with Gasteiger partial charge in [-0.25, -0.2) is 9.97 Å². The molecule has 20 heavy (non-hydrogen) atoms. The molecule has 2 heteroatoms. The lowest BCUT2D eigenvalue weighted by Gasteiger charge is -2.09. The van der Waals surface area contributed by atoms with Gasteiger partial charge in [-0.3, -0.25) is 0 Å². The van der Waals surface area contributed by atoms with Crippen molar-refractivity contribution in [2.75, 3.05) is 0 Å². The Bertz CT molecular complexity index is 561. The summed E-state index contributed by atoms with van der Waals surface area (Å²) in [5.41, 5.74) is 4.63. The van der Waals surface area contributed by atoms with Crippen molar-refractivity contribution in [1.29, 1.82) is 0 Å². The van der Waals surface area contributed by atoms with Crippen molar-refractivity contribution in [2.24, 2.45) is 5.92 Å². The smallest absolute Gasteiger partial charge is 0.159 e. The van der Waals surface area contributed by atoms with Gasteiger partial charge in [-0.2, -0.15) is 0 Å². The van der Waals surface area contributed by atoms with Crippen LogP contribution in [0.15, 0.2) is 30.3 Å². The van der Waals surface area contributed by atoms with Gasteiger partial charge in [0.2, 0.25) is 0 Å². The molecule has 0 amide bonds. The summed E-state index contributed by atoms with van der Waals surface area (Å²) in [7, 11) is 0. The fourth-order valence-electron chi connectivity index (χ4n) is 3.19. The van der Waals surface area contributed by atoms with Gasteiger partial charge in [0.1, 0.15) is 0 Å². The van der Waals surface area contributed by atoms with Gasteiger partial charge in [-0.15, -0.1) is 0 Å². The predicted octanol–water partition coefficient (Wildman–Crippen LogP) is 4.49. The molecule has 0 unspecified atom stereocenters. The van der Waals surface area contributed by atoms with Crippen LogP contribution < -0.4 is 0 Å². The molecule has 2 aromatic rings. The van der Waals surface area contributed by atoms with Crippen LogP contribution in [-0.4, -0.2) is 9.97 Å². The fourth-order valence-corrected chi connectivity index (χ4v) is 3.19. The molecule has 3 rings (SSSR count). The average molecular weight is 266 g/mol. The Labute approximate surface area is 121 Å². The van der Waals surface area contributed by atoms with E-state index in [1.807, 2.05) is 19.9 Å². The third kappa shape index (κ3) is 3.06. The van der Waals surface area contributed by atoms with E-state index in [9.17, 15) is 0 Å². The SMILES string of the molecule is Cc1cc(C)nc(-c2ccc(CC3CCCC3)cc2)n1. The van der Waals surface area contributed by atoms with Crippen LogP contribution in [0.4, 0.5) is 0 Å². The molecule has 0 saturated heterocycles. The summed E-state index contributed by atoms with van der Waals surface area (Å²) in [5.74, 6) is 1.74. The number of nitrogens with zero attached hydrogens (tertiary/aromatic N) is 2. The first-order chi connectivity index (χ1) is 9.70. The summed E-state index contributed by atoms with van der Waals surface area (Å²) in [6.07, 6.45) is 6.87. The van der Waals surface area contributed by atoms with Crippen LogP contribution in [0.1, 0.15) is 42.6 Å². The van der Waals surface area contributed by atoms with E-state index in [2.05, 4.69) is 34.2 Å². The molecule has 1 heterocycles. The maximum atomic E-state index is 4.53. The van der Waals surface area contributed by atoms with Crippen molar-refractivity contribution in [1.82, 2.24) is 9.97 Å². The standard InChI is InChI=1S/C18H22N2/c1-13-11-14(2)20-18(19-13)17-9-7-16(8-10-17)12-15-5-3-4-6-15/h7-11,15H,3-6,12H2,1-2H3. The highest BCUT2D eigenvalue weighted by Gasteiger charge is 2.15. The Morgan fingerprint density at radius 2 is 1.55 bits per heavy atom. The number of rotatable bonds is 3. The molecule has 0 bridgehead atoms. The summed E-state index contributed by atoms with van der Waals surface area (Å²) in [6.45, 7) is 4.04. The highest BCUT2D eigenvalue weighted by Crippen LogP contribution is 2.28. The molecule has 2 nitrogen and oxygen atoms in total. The van der Waals surface area contributed by atoms with Crippen molar-refractivity contribution in [3.05, 3.63) is 47.3 Å². The number of hydrogen-bond donors (Lipinski definition) is 0. The Morgan fingerprint density at radius 1 is 0.950 bits per heavy atom. The molecule has 1 aliphatic carbocycles. The molecular weight excluding hydrogens is 244 g/mol. The second kappa shape index (κ2) is 5.74. The summed E-state index contributed by atoms with van der Waals surface area (Å²) < 4.78 is 0. The third-order valence-electron chi connectivity index (χ3n) is 4.19. The number of aryl methyl sites for hydroxylation is 2. The molecule has 1 fully saturated rings. The van der Waals surface area contributed by atoms with E-state index in [1.165, 1.54) is 37.7 Å². The highest BCUT2D eigenvalue weighted by molar-refractivity contribution is 5.55. The van der Waals surface area contributed by atoms with E-state index in [1.54, 1.807) is 0 Å². The van der Waals surface area contributed by atoms with Gasteiger partial charge >= 0.3 is 0 Å². The zero-order valence-electron chi connectivity index (χ0n) is 12.4. The van der Waals surface area contributed by atoms with Gasteiger partial charge in [0, 0.05) is 17.0 Å². The van der Waals surface area contributed by atoms with Gasteiger partial charge in [0.05, 0.1) is 0 Å². The first-order valence-electron chi connectivity index (χ1n) is 7.62. The predicted molar refractivity (Wildman–Crippen MR) is 82.6 cm³/mol. The lowest BCUT2D eigenvalue weighted by Crippen LogP contribution is -1.99. The maximum absolute atomic E-state index is 4.53. The van der Waals surface area contributed by atoms with Crippen LogP contribution in [0.25, 0.3) is 11.4 Å². The lowest BCUT2D eigenvalue weighted by atomic mass is 9.97. The van der Waals surface area contributed by atoms with Gasteiger partial charge in [-0.1, -0.05) is 49.9 Å². The van der Waals surface area contributed by atoms with Gasteiger partial charge in [0.25, 0.3) is 0 Å².